The van der Waals surface area contributed by atoms with E-state index in [1.165, 1.54) is 12.1 Å². The Balaban J connectivity index is 2.02. The molecule has 4 nitrogen and oxygen atoms in total. The number of nitrogens with zero attached hydrogens (tertiary/aromatic N) is 1. The van der Waals surface area contributed by atoms with E-state index in [4.69, 9.17) is 0 Å². The van der Waals surface area contributed by atoms with Crippen LogP contribution in [0.2, 0.25) is 0 Å². The topological polar surface area (TPSA) is 78.2 Å². The van der Waals surface area contributed by atoms with Crippen LogP contribution < -0.4 is 0 Å². The fraction of sp³-hybridized carbons (Fsp3) is 0.167. The van der Waals surface area contributed by atoms with Crippen LogP contribution in [-0.2, 0) is 9.84 Å². The molecule has 1 aliphatic carbocycles. The molecule has 0 aliphatic heterocycles. The van der Waals surface area contributed by atoms with Crippen molar-refractivity contribution in [3.63, 3.8) is 0 Å². The van der Waals surface area contributed by atoms with Crippen molar-refractivity contribution in [3.8, 4) is 6.07 Å². The van der Waals surface area contributed by atoms with E-state index < -0.39 is 27.1 Å². The van der Waals surface area contributed by atoms with Crippen LogP contribution in [0.25, 0.3) is 6.08 Å². The highest BCUT2D eigenvalue weighted by Crippen LogP contribution is 2.37. The molecule has 116 valence electrons. The monoisotopic (exact) mass is 325 g/mol. The zero-order chi connectivity index (χ0) is 16.4. The Morgan fingerprint density at radius 3 is 2.39 bits per heavy atom. The lowest BCUT2D eigenvalue weighted by molar-refractivity contribution is 0.132. The summed E-state index contributed by atoms with van der Waals surface area (Å²) in [4.78, 5) is 0.0889. The molecule has 0 unspecified atom stereocenters. The zero-order valence-electron chi connectivity index (χ0n) is 12.2. The lowest BCUT2D eigenvalue weighted by Gasteiger charge is -2.28. The summed E-state index contributed by atoms with van der Waals surface area (Å²) in [5.41, 5.74) is 1.48. The van der Waals surface area contributed by atoms with Crippen molar-refractivity contribution >= 4 is 15.9 Å². The molecular weight excluding hydrogens is 310 g/mol. The molecule has 0 saturated carbocycles. The van der Waals surface area contributed by atoms with Crippen LogP contribution in [-0.4, -0.2) is 18.8 Å². The van der Waals surface area contributed by atoms with E-state index >= 15 is 0 Å². The van der Waals surface area contributed by atoms with Gasteiger partial charge >= 0.3 is 0 Å². The molecule has 1 N–H and O–H groups in total. The molecule has 0 fully saturated rings. The highest BCUT2D eigenvalue weighted by molar-refractivity contribution is 7.92. The van der Waals surface area contributed by atoms with Crippen LogP contribution >= 0.6 is 0 Å². The minimum Gasteiger partial charge on any atom is -0.388 e. The van der Waals surface area contributed by atoms with Crippen LogP contribution in [0.1, 0.15) is 17.2 Å². The van der Waals surface area contributed by atoms with E-state index in [0.717, 1.165) is 5.56 Å². The third-order valence-corrected chi connectivity index (χ3v) is 6.08. The van der Waals surface area contributed by atoms with Crippen molar-refractivity contribution in [3.05, 3.63) is 71.8 Å². The Kier molecular flexibility index (Phi) is 4.03. The maximum atomic E-state index is 12.8. The highest BCUT2D eigenvalue weighted by atomic mass is 32.2. The van der Waals surface area contributed by atoms with Crippen molar-refractivity contribution in [2.75, 3.05) is 0 Å². The van der Waals surface area contributed by atoms with Gasteiger partial charge < -0.3 is 5.11 Å². The number of aliphatic hydroxyl groups is 1. The fourth-order valence-corrected chi connectivity index (χ4v) is 4.47. The average molecular weight is 325 g/mol. The predicted octanol–water partition coefficient (Wildman–Crippen LogP) is 2.73. The second-order valence-corrected chi connectivity index (χ2v) is 7.49. The molecule has 0 amide bonds. The molecule has 0 aromatic heterocycles. The molecule has 1 aliphatic rings. The van der Waals surface area contributed by atoms with Crippen molar-refractivity contribution in [1.29, 1.82) is 5.26 Å². The Hall–Kier alpha value is -2.42. The van der Waals surface area contributed by atoms with Gasteiger partial charge in [-0.05, 0) is 23.3 Å². The Morgan fingerprint density at radius 2 is 1.70 bits per heavy atom. The van der Waals surface area contributed by atoms with Gasteiger partial charge in [0.05, 0.1) is 17.1 Å². The number of hydrogen-bond donors (Lipinski definition) is 1. The molecule has 3 rings (SSSR count). The molecular formula is C18H15NO3S. The second-order valence-electron chi connectivity index (χ2n) is 5.42. The average Bonchev–Trinajstić information content (AvgIpc) is 2.58. The third-order valence-electron chi connectivity index (χ3n) is 4.06. The first-order valence-corrected chi connectivity index (χ1v) is 8.74. The Bertz CT molecular complexity index is 882. The summed E-state index contributed by atoms with van der Waals surface area (Å²) in [6.45, 7) is 0. The molecule has 0 bridgehead atoms. The number of rotatable bonds is 3. The lowest BCUT2D eigenvalue weighted by atomic mass is 9.85. The molecule has 2 aromatic rings. The van der Waals surface area contributed by atoms with Gasteiger partial charge in [-0.2, -0.15) is 5.26 Å². The Morgan fingerprint density at radius 1 is 1.04 bits per heavy atom. The van der Waals surface area contributed by atoms with E-state index in [9.17, 15) is 18.8 Å². The van der Waals surface area contributed by atoms with Gasteiger partial charge in [0.2, 0.25) is 0 Å². The summed E-state index contributed by atoms with van der Waals surface area (Å²) in [6, 6.07) is 17.0. The van der Waals surface area contributed by atoms with Crippen LogP contribution in [0, 0.1) is 17.2 Å². The summed E-state index contributed by atoms with van der Waals surface area (Å²) in [6.07, 6.45) is 2.35. The number of hydrogen-bond acceptors (Lipinski definition) is 4. The van der Waals surface area contributed by atoms with Gasteiger partial charge in [0.1, 0.15) is 0 Å². The summed E-state index contributed by atoms with van der Waals surface area (Å²) in [5, 5.41) is 18.7. The van der Waals surface area contributed by atoms with Crippen molar-refractivity contribution < 1.29 is 13.5 Å². The van der Waals surface area contributed by atoms with Gasteiger partial charge in [0, 0.05) is 5.92 Å². The van der Waals surface area contributed by atoms with Crippen molar-refractivity contribution in [2.24, 2.45) is 5.92 Å². The first-order chi connectivity index (χ1) is 11.1. The number of fused-ring (bicyclic) bond motifs is 1. The van der Waals surface area contributed by atoms with Gasteiger partial charge in [-0.25, -0.2) is 8.42 Å². The summed E-state index contributed by atoms with van der Waals surface area (Å²) < 4.78 is 25.5. The van der Waals surface area contributed by atoms with E-state index in [0.29, 0.717) is 5.56 Å². The number of benzene rings is 2. The largest absolute Gasteiger partial charge is 0.388 e. The maximum Gasteiger partial charge on any atom is 0.195 e. The smallest absolute Gasteiger partial charge is 0.195 e. The van der Waals surface area contributed by atoms with Crippen LogP contribution in [0.15, 0.2) is 65.6 Å². The second kappa shape index (κ2) is 5.99. The third kappa shape index (κ3) is 2.67. The molecule has 0 radical (unpaired) electrons. The molecule has 0 saturated heterocycles. The lowest BCUT2D eigenvalue weighted by Crippen LogP contribution is -2.33. The van der Waals surface area contributed by atoms with Gasteiger partial charge in [0.15, 0.2) is 15.1 Å². The quantitative estimate of drug-likeness (QED) is 0.941. The summed E-state index contributed by atoms with van der Waals surface area (Å²) in [5.74, 6) is -0.805. The molecule has 0 heterocycles. The van der Waals surface area contributed by atoms with Crippen molar-refractivity contribution in [2.45, 2.75) is 16.2 Å². The maximum absolute atomic E-state index is 12.8. The normalized spacial score (nSPS) is 21.2. The SMILES string of the molecule is N#C[C@H]([C@H]1C=Cc2ccccc2[C@@H]1O)S(=O)(=O)c1ccccc1. The molecule has 23 heavy (non-hydrogen) atoms. The first kappa shape index (κ1) is 15.5. The molecule has 5 heteroatoms. The van der Waals surface area contributed by atoms with Crippen molar-refractivity contribution in [1.82, 2.24) is 0 Å². The van der Waals surface area contributed by atoms with Gasteiger partial charge in [-0.15, -0.1) is 0 Å². The minimum absolute atomic E-state index is 0.0889. The number of nitriles is 1. The van der Waals surface area contributed by atoms with Gasteiger partial charge in [-0.3, -0.25) is 0 Å². The zero-order valence-corrected chi connectivity index (χ0v) is 13.0. The van der Waals surface area contributed by atoms with E-state index in [1.807, 2.05) is 18.2 Å². The highest BCUT2D eigenvalue weighted by Gasteiger charge is 2.39. The Labute approximate surface area is 135 Å². The standard InChI is InChI=1S/C18H15NO3S/c19-12-17(23(21,22)14-7-2-1-3-8-14)16-11-10-13-6-4-5-9-15(13)18(16)20/h1-11,16-18,20H/t16-,17-,18+/m1/s1. The summed E-state index contributed by atoms with van der Waals surface area (Å²) >= 11 is 0. The van der Waals surface area contributed by atoms with E-state index in [2.05, 4.69) is 0 Å². The fourth-order valence-electron chi connectivity index (χ4n) is 2.84. The summed E-state index contributed by atoms with van der Waals surface area (Å²) in [7, 11) is -3.86. The molecule has 2 aromatic carbocycles. The minimum atomic E-state index is -3.86. The number of sulfone groups is 1. The van der Waals surface area contributed by atoms with E-state index in [1.54, 1.807) is 42.5 Å². The van der Waals surface area contributed by atoms with Gasteiger partial charge in [0.25, 0.3) is 0 Å². The van der Waals surface area contributed by atoms with Crippen LogP contribution in [0.5, 0.6) is 0 Å². The first-order valence-electron chi connectivity index (χ1n) is 7.19. The van der Waals surface area contributed by atoms with Crippen LogP contribution in [0.3, 0.4) is 0 Å². The molecule has 0 spiro atoms. The van der Waals surface area contributed by atoms with E-state index in [-0.39, 0.29) is 4.90 Å². The number of aliphatic hydroxyl groups excluding tert-OH is 1. The molecule has 3 atom stereocenters. The predicted molar refractivity (Wildman–Crippen MR) is 87.0 cm³/mol. The van der Waals surface area contributed by atoms with Crippen LogP contribution in [0.4, 0.5) is 0 Å². The van der Waals surface area contributed by atoms with Gasteiger partial charge in [-0.1, -0.05) is 54.6 Å².